The minimum Gasteiger partial charge on any atom is -0.355 e. The number of aromatic nitrogens is 1. The molecule has 0 N–H and O–H groups in total. The van der Waals surface area contributed by atoms with E-state index in [1.165, 1.54) is 21.2 Å². The van der Waals surface area contributed by atoms with Crippen LogP contribution in [0.25, 0.3) is 43.0 Å². The number of thiophene rings is 1. The van der Waals surface area contributed by atoms with Gasteiger partial charge in [0.05, 0.1) is 16.6 Å². The summed E-state index contributed by atoms with van der Waals surface area (Å²) in [7, 11) is 0. The maximum absolute atomic E-state index is 5.72. The van der Waals surface area contributed by atoms with Crippen molar-refractivity contribution in [3.05, 3.63) is 91.1 Å². The molecule has 3 aromatic carbocycles. The van der Waals surface area contributed by atoms with Gasteiger partial charge in [0.2, 0.25) is 0 Å². The van der Waals surface area contributed by atoms with Crippen LogP contribution in [0.15, 0.2) is 95.6 Å². The zero-order valence-electron chi connectivity index (χ0n) is 13.9. The van der Waals surface area contributed by atoms with Crippen molar-refractivity contribution < 1.29 is 4.52 Å². The van der Waals surface area contributed by atoms with Gasteiger partial charge in [0.1, 0.15) is 0 Å². The lowest BCUT2D eigenvalue weighted by molar-refractivity contribution is 0.433. The molecule has 0 fully saturated rings. The van der Waals surface area contributed by atoms with Gasteiger partial charge in [0, 0.05) is 15.6 Å². The Bertz CT molecular complexity index is 1170. The molecule has 0 saturated carbocycles. The molecule has 0 spiro atoms. The summed E-state index contributed by atoms with van der Waals surface area (Å²) >= 11 is 1.76. The maximum Gasteiger partial charge on any atom is 0.185 e. The molecule has 2 aromatic heterocycles. The van der Waals surface area contributed by atoms with E-state index in [4.69, 9.17) is 4.52 Å². The highest BCUT2D eigenvalue weighted by Crippen LogP contribution is 2.46. The van der Waals surface area contributed by atoms with Gasteiger partial charge in [0.15, 0.2) is 5.76 Å². The van der Waals surface area contributed by atoms with E-state index in [1.807, 2.05) is 24.3 Å². The second-order valence-electron chi connectivity index (χ2n) is 6.11. The van der Waals surface area contributed by atoms with Crippen molar-refractivity contribution in [1.29, 1.82) is 0 Å². The van der Waals surface area contributed by atoms with Gasteiger partial charge in [-0.25, -0.2) is 0 Å². The Morgan fingerprint density at radius 2 is 1.19 bits per heavy atom. The summed E-state index contributed by atoms with van der Waals surface area (Å²) in [4.78, 5) is 2.38. The molecule has 5 aromatic rings. The molecule has 0 radical (unpaired) electrons. The Hall–Kier alpha value is -3.17. The van der Waals surface area contributed by atoms with Crippen LogP contribution in [0.4, 0.5) is 0 Å². The molecule has 0 amide bonds. The Morgan fingerprint density at radius 1 is 0.615 bits per heavy atom. The van der Waals surface area contributed by atoms with E-state index in [9.17, 15) is 0 Å². The molecule has 2 heterocycles. The van der Waals surface area contributed by atoms with E-state index in [2.05, 4.69) is 65.8 Å². The lowest BCUT2D eigenvalue weighted by Crippen LogP contribution is -1.77. The lowest BCUT2D eigenvalue weighted by atomic mass is 10.0. The SMILES string of the molecule is c1ccc(-c2cnoc2-c2sc(-c3ccccc3)c3ccccc23)cc1. The van der Waals surface area contributed by atoms with E-state index in [1.54, 1.807) is 17.5 Å². The zero-order valence-corrected chi connectivity index (χ0v) is 14.7. The third-order valence-corrected chi connectivity index (χ3v) is 5.79. The second-order valence-corrected chi connectivity index (χ2v) is 7.13. The zero-order chi connectivity index (χ0) is 17.3. The highest BCUT2D eigenvalue weighted by Gasteiger charge is 2.20. The summed E-state index contributed by atoms with van der Waals surface area (Å²) in [5, 5.41) is 6.54. The average Bonchev–Trinajstić information content (AvgIpc) is 3.34. The van der Waals surface area contributed by atoms with Gasteiger partial charge in [-0.1, -0.05) is 90.1 Å². The van der Waals surface area contributed by atoms with Gasteiger partial charge < -0.3 is 4.52 Å². The van der Waals surface area contributed by atoms with Crippen molar-refractivity contribution in [3.8, 4) is 32.2 Å². The molecular formula is C23H15NOS. The fourth-order valence-electron chi connectivity index (χ4n) is 3.29. The van der Waals surface area contributed by atoms with Crippen molar-refractivity contribution in [2.45, 2.75) is 0 Å². The first-order chi connectivity index (χ1) is 12.9. The molecule has 5 rings (SSSR count). The van der Waals surface area contributed by atoms with Crippen molar-refractivity contribution in [2.24, 2.45) is 0 Å². The number of hydrogen-bond acceptors (Lipinski definition) is 3. The smallest absolute Gasteiger partial charge is 0.185 e. The molecule has 0 unspecified atom stereocenters. The average molecular weight is 353 g/mol. The summed E-state index contributed by atoms with van der Waals surface area (Å²) in [6.45, 7) is 0. The first kappa shape index (κ1) is 15.1. The minimum atomic E-state index is 0.833. The molecule has 0 aliphatic carbocycles. The summed E-state index contributed by atoms with van der Waals surface area (Å²) in [6, 6.07) is 29.3. The van der Waals surface area contributed by atoms with Gasteiger partial charge >= 0.3 is 0 Å². The molecule has 0 atom stereocenters. The molecule has 0 aliphatic heterocycles. The predicted molar refractivity (Wildman–Crippen MR) is 108 cm³/mol. The topological polar surface area (TPSA) is 26.0 Å². The van der Waals surface area contributed by atoms with Gasteiger partial charge in [-0.15, -0.1) is 11.3 Å². The highest BCUT2D eigenvalue weighted by molar-refractivity contribution is 7.21. The van der Waals surface area contributed by atoms with Gasteiger partial charge in [-0.05, 0) is 11.1 Å². The van der Waals surface area contributed by atoms with Crippen molar-refractivity contribution in [3.63, 3.8) is 0 Å². The van der Waals surface area contributed by atoms with Crippen molar-refractivity contribution in [2.75, 3.05) is 0 Å². The monoisotopic (exact) mass is 353 g/mol. The van der Waals surface area contributed by atoms with Crippen LogP contribution in [0.2, 0.25) is 0 Å². The molecule has 0 bridgehead atoms. The van der Waals surface area contributed by atoms with E-state index < -0.39 is 0 Å². The summed E-state index contributed by atoms with van der Waals surface area (Å²) in [5.74, 6) is 0.833. The first-order valence-electron chi connectivity index (χ1n) is 8.49. The predicted octanol–water partition coefficient (Wildman–Crippen LogP) is 6.89. The van der Waals surface area contributed by atoms with Crippen LogP contribution in [-0.2, 0) is 0 Å². The normalized spacial score (nSPS) is 11.1. The van der Waals surface area contributed by atoms with Crippen LogP contribution >= 0.6 is 11.3 Å². The fourth-order valence-corrected chi connectivity index (χ4v) is 4.56. The Kier molecular flexibility index (Phi) is 3.65. The van der Waals surface area contributed by atoms with Gasteiger partial charge in [-0.3, -0.25) is 0 Å². The summed E-state index contributed by atoms with van der Waals surface area (Å²) in [5.41, 5.74) is 3.36. The van der Waals surface area contributed by atoms with Crippen molar-refractivity contribution >= 4 is 22.1 Å². The largest absolute Gasteiger partial charge is 0.355 e. The summed E-state index contributed by atoms with van der Waals surface area (Å²) < 4.78 is 5.72. The standard InChI is InChI=1S/C23H15NOS/c1-3-9-16(10-4-1)20-15-24-25-21(20)23-19-14-8-7-13-18(19)22(26-23)17-11-5-2-6-12-17/h1-15H. The van der Waals surface area contributed by atoms with Crippen LogP contribution in [-0.4, -0.2) is 5.16 Å². The molecule has 2 nitrogen and oxygen atoms in total. The molecule has 0 saturated heterocycles. The van der Waals surface area contributed by atoms with E-state index in [0.717, 1.165) is 21.8 Å². The third kappa shape index (κ3) is 2.45. The third-order valence-electron chi connectivity index (χ3n) is 4.52. The number of benzene rings is 3. The number of rotatable bonds is 3. The van der Waals surface area contributed by atoms with Crippen LogP contribution in [0.5, 0.6) is 0 Å². The van der Waals surface area contributed by atoms with E-state index in [-0.39, 0.29) is 0 Å². The van der Waals surface area contributed by atoms with Crippen LogP contribution in [0, 0.1) is 0 Å². The minimum absolute atomic E-state index is 0.833. The quantitative estimate of drug-likeness (QED) is 0.353. The fraction of sp³-hybridized carbons (Fsp3) is 0. The molecule has 3 heteroatoms. The number of hydrogen-bond donors (Lipinski definition) is 0. The van der Waals surface area contributed by atoms with Crippen molar-refractivity contribution in [1.82, 2.24) is 5.16 Å². The summed E-state index contributed by atoms with van der Waals surface area (Å²) in [6.07, 6.45) is 1.81. The Morgan fingerprint density at radius 3 is 1.88 bits per heavy atom. The molecule has 26 heavy (non-hydrogen) atoms. The van der Waals surface area contributed by atoms with E-state index in [0.29, 0.717) is 0 Å². The maximum atomic E-state index is 5.72. The molecular weight excluding hydrogens is 338 g/mol. The van der Waals surface area contributed by atoms with Crippen LogP contribution in [0.3, 0.4) is 0 Å². The first-order valence-corrected chi connectivity index (χ1v) is 9.31. The molecule has 124 valence electrons. The Labute approximate surface area is 155 Å². The second kappa shape index (κ2) is 6.28. The Balaban J connectivity index is 1.76. The van der Waals surface area contributed by atoms with E-state index >= 15 is 0 Å². The number of nitrogens with zero attached hydrogens (tertiary/aromatic N) is 1. The van der Waals surface area contributed by atoms with Crippen LogP contribution in [0.1, 0.15) is 0 Å². The van der Waals surface area contributed by atoms with Gasteiger partial charge in [-0.2, -0.15) is 0 Å². The molecule has 0 aliphatic rings. The van der Waals surface area contributed by atoms with Crippen LogP contribution < -0.4 is 0 Å². The highest BCUT2D eigenvalue weighted by atomic mass is 32.1. The number of fused-ring (bicyclic) bond motifs is 1. The lowest BCUT2D eigenvalue weighted by Gasteiger charge is -2.00. The van der Waals surface area contributed by atoms with Gasteiger partial charge in [0.25, 0.3) is 0 Å².